The SMILES string of the molecule is CC(C)(C)CC(=O)N1CC[C@@]2(COCc3cnc(-c4cccnc4)nc32)C1. The molecule has 0 bridgehead atoms. The minimum Gasteiger partial charge on any atom is -0.376 e. The number of fused-ring (bicyclic) bond motifs is 2. The Bertz CT molecular complexity index is 847. The highest BCUT2D eigenvalue weighted by molar-refractivity contribution is 5.77. The Labute approximate surface area is 160 Å². The molecule has 0 aromatic carbocycles. The first kappa shape index (κ1) is 18.0. The van der Waals surface area contributed by atoms with Gasteiger partial charge in [-0.3, -0.25) is 9.78 Å². The molecule has 142 valence electrons. The predicted molar refractivity (Wildman–Crippen MR) is 102 cm³/mol. The molecule has 1 fully saturated rings. The summed E-state index contributed by atoms with van der Waals surface area (Å²) in [5, 5.41) is 0. The molecule has 6 heteroatoms. The maximum absolute atomic E-state index is 12.7. The zero-order valence-corrected chi connectivity index (χ0v) is 16.2. The van der Waals surface area contributed by atoms with Gasteiger partial charge in [-0.1, -0.05) is 20.8 Å². The van der Waals surface area contributed by atoms with Gasteiger partial charge in [-0.05, 0) is 24.0 Å². The fourth-order valence-electron chi connectivity index (χ4n) is 3.99. The first-order valence-corrected chi connectivity index (χ1v) is 9.49. The van der Waals surface area contributed by atoms with Crippen LogP contribution in [0.2, 0.25) is 0 Å². The summed E-state index contributed by atoms with van der Waals surface area (Å²) in [6.45, 7) is 8.85. The van der Waals surface area contributed by atoms with Gasteiger partial charge in [0, 0.05) is 49.2 Å². The van der Waals surface area contributed by atoms with Crippen LogP contribution >= 0.6 is 0 Å². The molecule has 2 aliphatic heterocycles. The van der Waals surface area contributed by atoms with E-state index in [1.54, 1.807) is 12.4 Å². The highest BCUT2D eigenvalue weighted by atomic mass is 16.5. The highest BCUT2D eigenvalue weighted by Crippen LogP contribution is 2.40. The third-order valence-electron chi connectivity index (χ3n) is 5.31. The molecule has 2 aliphatic rings. The quantitative estimate of drug-likeness (QED) is 0.817. The van der Waals surface area contributed by atoms with Gasteiger partial charge in [0.1, 0.15) is 0 Å². The van der Waals surface area contributed by atoms with Crippen LogP contribution in [0.3, 0.4) is 0 Å². The Morgan fingerprint density at radius 1 is 1.33 bits per heavy atom. The van der Waals surface area contributed by atoms with Crippen molar-refractivity contribution in [3.8, 4) is 11.4 Å². The number of nitrogens with zero attached hydrogens (tertiary/aromatic N) is 4. The van der Waals surface area contributed by atoms with Crippen LogP contribution < -0.4 is 0 Å². The number of carbonyl (C=O) groups excluding carboxylic acids is 1. The molecule has 1 saturated heterocycles. The second-order valence-corrected chi connectivity index (χ2v) is 8.89. The summed E-state index contributed by atoms with van der Waals surface area (Å²) < 4.78 is 5.88. The summed E-state index contributed by atoms with van der Waals surface area (Å²) >= 11 is 0. The Kier molecular flexibility index (Phi) is 4.46. The molecule has 0 N–H and O–H groups in total. The van der Waals surface area contributed by atoms with Crippen LogP contribution in [0.4, 0.5) is 0 Å². The van der Waals surface area contributed by atoms with Crippen LogP contribution in [0, 0.1) is 5.41 Å². The molecule has 0 saturated carbocycles. The van der Waals surface area contributed by atoms with Crippen molar-refractivity contribution in [3.05, 3.63) is 42.0 Å². The van der Waals surface area contributed by atoms with Crippen molar-refractivity contribution in [1.82, 2.24) is 19.9 Å². The first-order chi connectivity index (χ1) is 12.9. The summed E-state index contributed by atoms with van der Waals surface area (Å²) in [6.07, 6.45) is 6.82. The number of ether oxygens (including phenoxy) is 1. The van der Waals surface area contributed by atoms with E-state index in [-0.39, 0.29) is 16.7 Å². The van der Waals surface area contributed by atoms with Gasteiger partial charge in [0.05, 0.1) is 24.3 Å². The minimum atomic E-state index is -0.235. The average Bonchev–Trinajstić information content (AvgIpc) is 3.06. The Hall–Kier alpha value is -2.34. The van der Waals surface area contributed by atoms with Crippen LogP contribution in [-0.2, 0) is 21.6 Å². The molecule has 27 heavy (non-hydrogen) atoms. The standard InChI is InChI=1S/C21H26N4O2/c1-20(2,3)9-17(26)25-8-6-21(13-25)14-27-12-16-11-23-19(24-18(16)21)15-5-4-7-22-10-15/h4-5,7,10-11H,6,8-9,12-14H2,1-3H3/t21-/m0/s1. The maximum Gasteiger partial charge on any atom is 0.223 e. The van der Waals surface area contributed by atoms with Crippen LogP contribution in [-0.4, -0.2) is 45.5 Å². The molecule has 6 nitrogen and oxygen atoms in total. The third kappa shape index (κ3) is 3.58. The Morgan fingerprint density at radius 2 is 2.19 bits per heavy atom. The van der Waals surface area contributed by atoms with E-state index in [2.05, 4.69) is 30.7 Å². The van der Waals surface area contributed by atoms with E-state index in [0.717, 1.165) is 29.8 Å². The van der Waals surface area contributed by atoms with E-state index in [0.29, 0.717) is 32.0 Å². The average molecular weight is 366 g/mol. The smallest absolute Gasteiger partial charge is 0.223 e. The van der Waals surface area contributed by atoms with E-state index in [9.17, 15) is 4.79 Å². The molecule has 1 amide bonds. The number of carbonyl (C=O) groups is 1. The van der Waals surface area contributed by atoms with Crippen molar-refractivity contribution in [3.63, 3.8) is 0 Å². The van der Waals surface area contributed by atoms with Gasteiger partial charge in [-0.25, -0.2) is 9.97 Å². The fraction of sp³-hybridized carbons (Fsp3) is 0.524. The molecule has 4 heterocycles. The summed E-state index contributed by atoms with van der Waals surface area (Å²) in [4.78, 5) is 28.3. The van der Waals surface area contributed by atoms with E-state index in [1.165, 1.54) is 0 Å². The molecular weight excluding hydrogens is 340 g/mol. The topological polar surface area (TPSA) is 68.2 Å². The van der Waals surface area contributed by atoms with E-state index in [4.69, 9.17) is 9.72 Å². The van der Waals surface area contributed by atoms with Gasteiger partial charge >= 0.3 is 0 Å². The molecule has 0 radical (unpaired) electrons. The second-order valence-electron chi connectivity index (χ2n) is 8.89. The largest absolute Gasteiger partial charge is 0.376 e. The van der Waals surface area contributed by atoms with Crippen molar-refractivity contribution >= 4 is 5.91 Å². The summed E-state index contributed by atoms with van der Waals surface area (Å²) in [5.41, 5.74) is 2.72. The van der Waals surface area contributed by atoms with Gasteiger partial charge in [0.2, 0.25) is 5.91 Å². The van der Waals surface area contributed by atoms with Crippen molar-refractivity contribution in [2.45, 2.75) is 45.6 Å². The first-order valence-electron chi connectivity index (χ1n) is 9.49. The predicted octanol–water partition coefficient (Wildman–Crippen LogP) is 2.98. The number of rotatable bonds is 2. The number of likely N-dealkylation sites (tertiary alicyclic amines) is 1. The number of aromatic nitrogens is 3. The summed E-state index contributed by atoms with van der Waals surface area (Å²) in [7, 11) is 0. The Morgan fingerprint density at radius 3 is 2.93 bits per heavy atom. The fourth-order valence-corrected chi connectivity index (χ4v) is 3.99. The molecule has 0 aliphatic carbocycles. The molecule has 4 rings (SSSR count). The van der Waals surface area contributed by atoms with Gasteiger partial charge < -0.3 is 9.64 Å². The maximum atomic E-state index is 12.7. The third-order valence-corrected chi connectivity index (χ3v) is 5.31. The number of pyridine rings is 1. The van der Waals surface area contributed by atoms with Crippen LogP contribution in [0.25, 0.3) is 11.4 Å². The summed E-state index contributed by atoms with van der Waals surface area (Å²) in [5.74, 6) is 0.899. The zero-order valence-electron chi connectivity index (χ0n) is 16.2. The van der Waals surface area contributed by atoms with Crippen LogP contribution in [0.1, 0.15) is 44.9 Å². The Balaban J connectivity index is 1.64. The lowest BCUT2D eigenvalue weighted by molar-refractivity contribution is -0.132. The molecule has 2 aromatic rings. The number of hydrogen-bond acceptors (Lipinski definition) is 5. The van der Waals surface area contributed by atoms with E-state index < -0.39 is 0 Å². The van der Waals surface area contributed by atoms with Crippen molar-refractivity contribution in [2.75, 3.05) is 19.7 Å². The van der Waals surface area contributed by atoms with Gasteiger partial charge in [-0.15, -0.1) is 0 Å². The van der Waals surface area contributed by atoms with Crippen molar-refractivity contribution in [1.29, 1.82) is 0 Å². The molecule has 0 unspecified atom stereocenters. The lowest BCUT2D eigenvalue weighted by Crippen LogP contribution is -2.42. The highest BCUT2D eigenvalue weighted by Gasteiger charge is 2.46. The lowest BCUT2D eigenvalue weighted by Gasteiger charge is -2.34. The van der Waals surface area contributed by atoms with E-state index in [1.807, 2.05) is 23.2 Å². The van der Waals surface area contributed by atoms with Crippen molar-refractivity contribution < 1.29 is 9.53 Å². The van der Waals surface area contributed by atoms with Gasteiger partial charge in [0.15, 0.2) is 5.82 Å². The second kappa shape index (κ2) is 6.68. The minimum absolute atomic E-state index is 0.0105. The molecule has 1 spiro atoms. The van der Waals surface area contributed by atoms with Gasteiger partial charge in [0.25, 0.3) is 0 Å². The monoisotopic (exact) mass is 366 g/mol. The lowest BCUT2D eigenvalue weighted by atomic mass is 9.80. The van der Waals surface area contributed by atoms with Gasteiger partial charge in [-0.2, -0.15) is 0 Å². The van der Waals surface area contributed by atoms with Crippen LogP contribution in [0.5, 0.6) is 0 Å². The molecule has 2 aromatic heterocycles. The number of amides is 1. The molecule has 1 atom stereocenters. The molecular formula is C21H26N4O2. The van der Waals surface area contributed by atoms with Crippen molar-refractivity contribution in [2.24, 2.45) is 5.41 Å². The number of hydrogen-bond donors (Lipinski definition) is 0. The van der Waals surface area contributed by atoms with Crippen LogP contribution in [0.15, 0.2) is 30.7 Å². The normalized spacial score (nSPS) is 22.1. The zero-order chi connectivity index (χ0) is 19.1. The summed E-state index contributed by atoms with van der Waals surface area (Å²) in [6, 6.07) is 3.86. The van der Waals surface area contributed by atoms with E-state index >= 15 is 0 Å².